The van der Waals surface area contributed by atoms with Gasteiger partial charge in [-0.25, -0.2) is 9.59 Å². The number of amides is 1. The van der Waals surface area contributed by atoms with Crippen LogP contribution in [0.2, 0.25) is 0 Å². The average molecular weight is 269 g/mol. The van der Waals surface area contributed by atoms with Crippen molar-refractivity contribution in [2.75, 3.05) is 0 Å². The van der Waals surface area contributed by atoms with Gasteiger partial charge in [-0.05, 0) is 5.92 Å². The van der Waals surface area contributed by atoms with Gasteiger partial charge in [0.1, 0.15) is 12.6 Å². The highest BCUT2D eigenvalue weighted by Gasteiger charge is 2.23. The molecule has 19 heavy (non-hydrogen) atoms. The summed E-state index contributed by atoms with van der Waals surface area (Å²) in [5.74, 6) is -2.04. The molecule has 0 radical (unpaired) electrons. The molecule has 0 fully saturated rings. The lowest BCUT2D eigenvalue weighted by Gasteiger charge is -2.18. The molecule has 1 aromatic rings. The van der Waals surface area contributed by atoms with Gasteiger partial charge in [-0.1, -0.05) is 13.8 Å². The third kappa shape index (κ3) is 4.09. The van der Waals surface area contributed by atoms with Gasteiger partial charge < -0.3 is 10.4 Å². The van der Waals surface area contributed by atoms with E-state index in [-0.39, 0.29) is 12.5 Å². The number of aliphatic carboxylic acids is 1. The Balaban J connectivity index is 2.77. The van der Waals surface area contributed by atoms with Crippen molar-refractivity contribution in [3.63, 3.8) is 0 Å². The fraction of sp³-hybridized carbons (Fsp3) is 0.455. The van der Waals surface area contributed by atoms with Crippen molar-refractivity contribution in [2.45, 2.75) is 26.4 Å². The van der Waals surface area contributed by atoms with Crippen LogP contribution in [0.1, 0.15) is 13.8 Å². The predicted molar refractivity (Wildman–Crippen MR) is 65.7 cm³/mol. The van der Waals surface area contributed by atoms with Gasteiger partial charge in [-0.15, -0.1) is 0 Å². The van der Waals surface area contributed by atoms with Crippen LogP contribution in [0.25, 0.3) is 0 Å². The van der Waals surface area contributed by atoms with Crippen molar-refractivity contribution in [3.8, 4) is 0 Å². The summed E-state index contributed by atoms with van der Waals surface area (Å²) in [6.07, 6.45) is 1.17. The molecule has 1 rings (SSSR count). The molecule has 8 heteroatoms. The summed E-state index contributed by atoms with van der Waals surface area (Å²) < 4.78 is 0.982. The lowest BCUT2D eigenvalue weighted by atomic mass is 10.1. The number of hydrogen-bond acceptors (Lipinski definition) is 4. The molecule has 0 saturated heterocycles. The van der Waals surface area contributed by atoms with Gasteiger partial charge >= 0.3 is 11.7 Å². The number of aromatic amines is 1. The van der Waals surface area contributed by atoms with Gasteiger partial charge in [0, 0.05) is 12.3 Å². The predicted octanol–water partition coefficient (Wildman–Crippen LogP) is -1.24. The van der Waals surface area contributed by atoms with Gasteiger partial charge in [0.05, 0.1) is 0 Å². The minimum atomic E-state index is -1.14. The monoisotopic (exact) mass is 269 g/mol. The van der Waals surface area contributed by atoms with Crippen molar-refractivity contribution in [1.29, 1.82) is 0 Å². The molecule has 3 N–H and O–H groups in total. The van der Waals surface area contributed by atoms with Crippen LogP contribution in [0.15, 0.2) is 21.9 Å². The summed E-state index contributed by atoms with van der Waals surface area (Å²) in [6, 6.07) is 0.0807. The van der Waals surface area contributed by atoms with Gasteiger partial charge in [-0.2, -0.15) is 0 Å². The van der Waals surface area contributed by atoms with E-state index in [2.05, 4.69) is 5.32 Å². The highest BCUT2D eigenvalue weighted by Crippen LogP contribution is 2.01. The molecule has 1 aromatic heterocycles. The van der Waals surface area contributed by atoms with E-state index < -0.39 is 29.2 Å². The van der Waals surface area contributed by atoms with E-state index in [1.165, 1.54) is 6.20 Å². The molecule has 0 spiro atoms. The number of carboxylic acids is 1. The second-order valence-corrected chi connectivity index (χ2v) is 4.37. The largest absolute Gasteiger partial charge is 0.480 e. The van der Waals surface area contributed by atoms with E-state index >= 15 is 0 Å². The number of carbonyl (C=O) groups is 2. The molecule has 0 bridgehead atoms. The van der Waals surface area contributed by atoms with E-state index in [0.717, 1.165) is 10.6 Å². The summed E-state index contributed by atoms with van der Waals surface area (Å²) in [5, 5.41) is 11.2. The highest BCUT2D eigenvalue weighted by atomic mass is 16.4. The summed E-state index contributed by atoms with van der Waals surface area (Å²) in [7, 11) is 0. The maximum atomic E-state index is 11.6. The third-order valence-electron chi connectivity index (χ3n) is 2.46. The smallest absolute Gasteiger partial charge is 0.328 e. The van der Waals surface area contributed by atoms with E-state index in [0.29, 0.717) is 0 Å². The van der Waals surface area contributed by atoms with E-state index in [1.807, 2.05) is 4.98 Å². The van der Waals surface area contributed by atoms with Crippen LogP contribution in [0.4, 0.5) is 0 Å². The molecular formula is C11H15N3O5. The zero-order chi connectivity index (χ0) is 14.6. The van der Waals surface area contributed by atoms with Crippen molar-refractivity contribution in [1.82, 2.24) is 14.9 Å². The average Bonchev–Trinajstić information content (AvgIpc) is 2.29. The number of nitrogens with one attached hydrogen (secondary N) is 2. The quantitative estimate of drug-likeness (QED) is 0.617. The normalized spacial score (nSPS) is 12.2. The number of hydrogen-bond donors (Lipinski definition) is 3. The first-order chi connectivity index (χ1) is 8.81. The maximum Gasteiger partial charge on any atom is 0.328 e. The van der Waals surface area contributed by atoms with Crippen LogP contribution in [-0.2, 0) is 16.1 Å². The van der Waals surface area contributed by atoms with Crippen LogP contribution >= 0.6 is 0 Å². The van der Waals surface area contributed by atoms with Crippen molar-refractivity contribution >= 4 is 11.9 Å². The molecule has 0 aliphatic heterocycles. The van der Waals surface area contributed by atoms with Gasteiger partial charge in [0.2, 0.25) is 5.91 Å². The third-order valence-corrected chi connectivity index (χ3v) is 2.46. The minimum Gasteiger partial charge on any atom is -0.480 e. The van der Waals surface area contributed by atoms with E-state index in [1.54, 1.807) is 13.8 Å². The first-order valence-electron chi connectivity index (χ1n) is 5.63. The molecule has 1 heterocycles. The summed E-state index contributed by atoms with van der Waals surface area (Å²) in [5.41, 5.74) is -1.29. The standard InChI is InChI=1S/C11H15N3O5/c1-6(2)9(10(17)18)12-8(16)5-14-4-3-7(15)13-11(14)19/h3-4,6,9H,5H2,1-2H3,(H,12,16)(H,17,18)(H,13,15,19). The summed E-state index contributed by atoms with van der Waals surface area (Å²) >= 11 is 0. The van der Waals surface area contributed by atoms with Crippen LogP contribution in [-0.4, -0.2) is 32.6 Å². The lowest BCUT2D eigenvalue weighted by Crippen LogP contribution is -2.46. The number of carboxylic acid groups (broad SMARTS) is 1. The number of nitrogens with zero attached hydrogens (tertiary/aromatic N) is 1. The zero-order valence-electron chi connectivity index (χ0n) is 10.5. The number of H-pyrrole nitrogens is 1. The number of rotatable bonds is 5. The fourth-order valence-corrected chi connectivity index (χ4v) is 1.46. The Hall–Kier alpha value is -2.38. The summed E-state index contributed by atoms with van der Waals surface area (Å²) in [4.78, 5) is 46.7. The number of aromatic nitrogens is 2. The first-order valence-corrected chi connectivity index (χ1v) is 5.63. The molecule has 0 saturated carbocycles. The van der Waals surface area contributed by atoms with Gasteiger partial charge in [-0.3, -0.25) is 19.1 Å². The van der Waals surface area contributed by atoms with Crippen LogP contribution in [0.5, 0.6) is 0 Å². The zero-order valence-corrected chi connectivity index (χ0v) is 10.5. The Morgan fingerprint density at radius 2 is 2.05 bits per heavy atom. The maximum absolute atomic E-state index is 11.6. The number of carbonyl (C=O) groups excluding carboxylic acids is 1. The van der Waals surface area contributed by atoms with E-state index in [9.17, 15) is 19.2 Å². The Bertz CT molecular complexity index is 586. The Morgan fingerprint density at radius 1 is 1.42 bits per heavy atom. The molecule has 1 unspecified atom stereocenters. The van der Waals surface area contributed by atoms with Crippen LogP contribution in [0, 0.1) is 5.92 Å². The first kappa shape index (κ1) is 14.7. The van der Waals surface area contributed by atoms with Gasteiger partial charge in [0.25, 0.3) is 5.56 Å². The molecular weight excluding hydrogens is 254 g/mol. The molecule has 1 atom stereocenters. The van der Waals surface area contributed by atoms with E-state index in [4.69, 9.17) is 5.11 Å². The fourth-order valence-electron chi connectivity index (χ4n) is 1.46. The second kappa shape index (κ2) is 5.98. The Morgan fingerprint density at radius 3 is 2.53 bits per heavy atom. The lowest BCUT2D eigenvalue weighted by molar-refractivity contribution is -0.143. The summed E-state index contributed by atoms with van der Waals surface area (Å²) in [6.45, 7) is 2.96. The molecule has 0 aliphatic carbocycles. The van der Waals surface area contributed by atoms with Gasteiger partial charge in [0.15, 0.2) is 0 Å². The molecule has 8 nitrogen and oxygen atoms in total. The molecule has 104 valence electrons. The topological polar surface area (TPSA) is 121 Å². The van der Waals surface area contributed by atoms with Crippen LogP contribution < -0.4 is 16.6 Å². The molecule has 0 aliphatic rings. The van der Waals surface area contributed by atoms with Crippen molar-refractivity contribution in [3.05, 3.63) is 33.1 Å². The molecule has 1 amide bonds. The Kier molecular flexibility index (Phi) is 4.62. The van der Waals surface area contributed by atoms with Crippen LogP contribution in [0.3, 0.4) is 0 Å². The molecule has 0 aromatic carbocycles. The van der Waals surface area contributed by atoms with Crippen molar-refractivity contribution < 1.29 is 14.7 Å². The SMILES string of the molecule is CC(C)C(NC(=O)Cn1ccc(=O)[nH]c1=O)C(=O)O. The van der Waals surface area contributed by atoms with Crippen molar-refractivity contribution in [2.24, 2.45) is 5.92 Å². The minimum absolute atomic E-state index is 0.284. The Labute approximate surface area is 108 Å². The second-order valence-electron chi connectivity index (χ2n) is 4.37. The highest BCUT2D eigenvalue weighted by molar-refractivity contribution is 5.83.